The minimum absolute atomic E-state index is 0.0499. The highest BCUT2D eigenvalue weighted by Crippen LogP contribution is 2.22. The number of methoxy groups -OCH3 is 1. The maximum absolute atomic E-state index is 12.3. The summed E-state index contributed by atoms with van der Waals surface area (Å²) in [6.45, 7) is 1.32. The molecular formula is C17H22N2O4S. The molecule has 1 aromatic heterocycles. The first-order chi connectivity index (χ1) is 11.5. The Morgan fingerprint density at radius 3 is 2.88 bits per heavy atom. The SMILES string of the molecule is COCCn1cc(CC(=O)N[C@H]2CCS(=O)(=O)C2)c2ccccc21. The number of aromatic nitrogens is 1. The number of benzene rings is 1. The van der Waals surface area contributed by atoms with Gasteiger partial charge in [-0.3, -0.25) is 4.79 Å². The summed E-state index contributed by atoms with van der Waals surface area (Å²) >= 11 is 0. The predicted octanol–water partition coefficient (Wildman–Crippen LogP) is 1.13. The summed E-state index contributed by atoms with van der Waals surface area (Å²) in [5, 5.41) is 3.89. The Labute approximate surface area is 141 Å². The number of rotatable bonds is 6. The van der Waals surface area contributed by atoms with Gasteiger partial charge in [0.15, 0.2) is 9.84 Å². The van der Waals surface area contributed by atoms with Crippen LogP contribution in [0.4, 0.5) is 0 Å². The highest BCUT2D eigenvalue weighted by molar-refractivity contribution is 7.91. The largest absolute Gasteiger partial charge is 0.383 e. The molecular weight excluding hydrogens is 328 g/mol. The number of nitrogens with zero attached hydrogens (tertiary/aromatic N) is 1. The number of hydrogen-bond acceptors (Lipinski definition) is 4. The average molecular weight is 350 g/mol. The number of ether oxygens (including phenoxy) is 1. The molecule has 7 heteroatoms. The van der Waals surface area contributed by atoms with E-state index in [0.29, 0.717) is 13.0 Å². The van der Waals surface area contributed by atoms with Crippen molar-refractivity contribution in [2.45, 2.75) is 25.4 Å². The molecule has 2 aromatic rings. The van der Waals surface area contributed by atoms with Crippen LogP contribution in [0.1, 0.15) is 12.0 Å². The second-order valence-corrected chi connectivity index (χ2v) is 8.43. The number of nitrogens with one attached hydrogen (secondary N) is 1. The molecule has 1 fully saturated rings. The first-order valence-corrected chi connectivity index (χ1v) is 9.86. The van der Waals surface area contributed by atoms with Crippen molar-refractivity contribution >= 4 is 26.6 Å². The highest BCUT2D eigenvalue weighted by Gasteiger charge is 2.29. The van der Waals surface area contributed by atoms with E-state index < -0.39 is 9.84 Å². The normalized spacial score (nSPS) is 19.6. The molecule has 1 N–H and O–H groups in total. The van der Waals surface area contributed by atoms with Crippen molar-refractivity contribution in [2.75, 3.05) is 25.2 Å². The summed E-state index contributed by atoms with van der Waals surface area (Å²) in [6, 6.07) is 7.69. The van der Waals surface area contributed by atoms with Crippen LogP contribution in [0.15, 0.2) is 30.5 Å². The molecule has 130 valence electrons. The van der Waals surface area contributed by atoms with E-state index in [1.165, 1.54) is 0 Å². The van der Waals surface area contributed by atoms with Crippen LogP contribution in [0.5, 0.6) is 0 Å². The lowest BCUT2D eigenvalue weighted by Gasteiger charge is -2.10. The Morgan fingerprint density at radius 1 is 1.38 bits per heavy atom. The van der Waals surface area contributed by atoms with Gasteiger partial charge in [0, 0.05) is 36.8 Å². The van der Waals surface area contributed by atoms with Gasteiger partial charge in [-0.2, -0.15) is 0 Å². The first kappa shape index (κ1) is 17.0. The number of sulfone groups is 1. The van der Waals surface area contributed by atoms with Crippen molar-refractivity contribution in [1.82, 2.24) is 9.88 Å². The number of amides is 1. The summed E-state index contributed by atoms with van der Waals surface area (Å²) in [6.07, 6.45) is 2.73. The lowest BCUT2D eigenvalue weighted by atomic mass is 10.1. The molecule has 0 spiro atoms. The maximum atomic E-state index is 12.3. The lowest BCUT2D eigenvalue weighted by Crippen LogP contribution is -2.36. The number of carbonyl (C=O) groups excluding carboxylic acids is 1. The molecule has 1 aliphatic rings. The Kier molecular flexibility index (Phi) is 4.91. The van der Waals surface area contributed by atoms with Crippen molar-refractivity contribution in [1.29, 1.82) is 0 Å². The molecule has 1 aliphatic heterocycles. The molecule has 1 atom stereocenters. The standard InChI is InChI=1S/C17H22N2O4S/c1-23-8-7-19-11-13(15-4-2-3-5-16(15)19)10-17(20)18-14-6-9-24(21,22)12-14/h2-5,11,14H,6-10,12H2,1H3,(H,18,20)/t14-/m0/s1. The summed E-state index contributed by atoms with van der Waals surface area (Å²) in [5.41, 5.74) is 2.01. The van der Waals surface area contributed by atoms with Crippen molar-refractivity contribution in [3.63, 3.8) is 0 Å². The summed E-state index contributed by atoms with van der Waals surface area (Å²) < 4.78 is 30.2. The van der Waals surface area contributed by atoms with Gasteiger partial charge in [0.05, 0.1) is 24.5 Å². The van der Waals surface area contributed by atoms with E-state index in [9.17, 15) is 13.2 Å². The third kappa shape index (κ3) is 3.79. The molecule has 1 amide bonds. The van der Waals surface area contributed by atoms with Crippen LogP contribution in [-0.4, -0.2) is 50.2 Å². The molecule has 0 saturated carbocycles. The lowest BCUT2D eigenvalue weighted by molar-refractivity contribution is -0.120. The fraction of sp³-hybridized carbons (Fsp3) is 0.471. The molecule has 24 heavy (non-hydrogen) atoms. The Morgan fingerprint density at radius 2 is 2.17 bits per heavy atom. The Hall–Kier alpha value is -1.86. The monoisotopic (exact) mass is 350 g/mol. The van der Waals surface area contributed by atoms with Gasteiger partial charge in [0.1, 0.15) is 0 Å². The Bertz CT molecular complexity index is 841. The van der Waals surface area contributed by atoms with Crippen LogP contribution in [-0.2, 0) is 32.3 Å². The van der Waals surface area contributed by atoms with Gasteiger partial charge in [-0.15, -0.1) is 0 Å². The predicted molar refractivity (Wildman–Crippen MR) is 92.7 cm³/mol. The fourth-order valence-corrected chi connectivity index (χ4v) is 4.87. The molecule has 0 bridgehead atoms. The van der Waals surface area contributed by atoms with Crippen molar-refractivity contribution in [3.8, 4) is 0 Å². The van der Waals surface area contributed by atoms with E-state index in [1.807, 2.05) is 30.5 Å². The van der Waals surface area contributed by atoms with Crippen molar-refractivity contribution < 1.29 is 17.9 Å². The maximum Gasteiger partial charge on any atom is 0.224 e. The van der Waals surface area contributed by atoms with E-state index in [-0.39, 0.29) is 29.9 Å². The number of para-hydroxylation sites is 1. The van der Waals surface area contributed by atoms with Crippen LogP contribution in [0.25, 0.3) is 10.9 Å². The molecule has 3 rings (SSSR count). The zero-order valence-electron chi connectivity index (χ0n) is 13.7. The number of fused-ring (bicyclic) bond motifs is 1. The smallest absolute Gasteiger partial charge is 0.224 e. The van der Waals surface area contributed by atoms with Gasteiger partial charge in [-0.25, -0.2) is 8.42 Å². The second kappa shape index (κ2) is 6.94. The zero-order chi connectivity index (χ0) is 17.2. The molecule has 6 nitrogen and oxygen atoms in total. The van der Waals surface area contributed by atoms with Crippen LogP contribution in [0.2, 0.25) is 0 Å². The van der Waals surface area contributed by atoms with Gasteiger partial charge in [0.2, 0.25) is 5.91 Å². The van der Waals surface area contributed by atoms with Crippen LogP contribution >= 0.6 is 0 Å². The van der Waals surface area contributed by atoms with Crippen LogP contribution in [0.3, 0.4) is 0 Å². The molecule has 0 aliphatic carbocycles. The van der Waals surface area contributed by atoms with Crippen LogP contribution < -0.4 is 5.32 Å². The molecule has 1 aromatic carbocycles. The number of hydrogen-bond donors (Lipinski definition) is 1. The third-order valence-electron chi connectivity index (χ3n) is 4.36. The topological polar surface area (TPSA) is 77.4 Å². The van der Waals surface area contributed by atoms with E-state index in [1.54, 1.807) is 7.11 Å². The van der Waals surface area contributed by atoms with Crippen molar-refractivity contribution in [3.05, 3.63) is 36.0 Å². The third-order valence-corrected chi connectivity index (χ3v) is 6.12. The van der Waals surface area contributed by atoms with Gasteiger partial charge in [-0.1, -0.05) is 18.2 Å². The highest BCUT2D eigenvalue weighted by atomic mass is 32.2. The van der Waals surface area contributed by atoms with E-state index in [2.05, 4.69) is 9.88 Å². The minimum atomic E-state index is -2.99. The minimum Gasteiger partial charge on any atom is -0.383 e. The molecule has 0 unspecified atom stereocenters. The zero-order valence-corrected chi connectivity index (χ0v) is 14.5. The number of carbonyl (C=O) groups is 1. The molecule has 2 heterocycles. The quantitative estimate of drug-likeness (QED) is 0.847. The van der Waals surface area contributed by atoms with E-state index in [0.717, 1.165) is 23.0 Å². The average Bonchev–Trinajstić information content (AvgIpc) is 3.06. The first-order valence-electron chi connectivity index (χ1n) is 8.04. The second-order valence-electron chi connectivity index (χ2n) is 6.20. The fourth-order valence-electron chi connectivity index (χ4n) is 3.20. The van der Waals surface area contributed by atoms with Gasteiger partial charge < -0.3 is 14.6 Å². The summed E-state index contributed by atoms with van der Waals surface area (Å²) in [5.74, 6) is 0.0783. The van der Waals surface area contributed by atoms with E-state index in [4.69, 9.17) is 4.74 Å². The van der Waals surface area contributed by atoms with E-state index >= 15 is 0 Å². The van der Waals surface area contributed by atoms with Gasteiger partial charge in [-0.05, 0) is 18.1 Å². The summed E-state index contributed by atoms with van der Waals surface area (Å²) in [4.78, 5) is 12.3. The van der Waals surface area contributed by atoms with Gasteiger partial charge >= 0.3 is 0 Å². The van der Waals surface area contributed by atoms with Crippen molar-refractivity contribution in [2.24, 2.45) is 0 Å². The molecule has 1 saturated heterocycles. The van der Waals surface area contributed by atoms with Crippen LogP contribution in [0, 0.1) is 0 Å². The molecule has 0 radical (unpaired) electrons. The summed E-state index contributed by atoms with van der Waals surface area (Å²) in [7, 11) is -1.33. The van der Waals surface area contributed by atoms with Gasteiger partial charge in [0.25, 0.3) is 0 Å². The Balaban J connectivity index is 1.73.